The van der Waals surface area contributed by atoms with Crippen LogP contribution in [0.5, 0.6) is 0 Å². The summed E-state index contributed by atoms with van der Waals surface area (Å²) >= 11 is 6.21. The average molecular weight is 250 g/mol. The maximum absolute atomic E-state index is 6.21. The van der Waals surface area contributed by atoms with E-state index in [0.717, 1.165) is 29.5 Å². The molecule has 2 heterocycles. The minimum Gasteiger partial charge on any atom is -0.311 e. The third-order valence-electron chi connectivity index (χ3n) is 3.55. The van der Waals surface area contributed by atoms with Crippen LogP contribution in [-0.4, -0.2) is 14.5 Å². The largest absolute Gasteiger partial charge is 0.311 e. The summed E-state index contributed by atoms with van der Waals surface area (Å²) in [5.74, 6) is 1.73. The smallest absolute Gasteiger partial charge is 0.160 e. The van der Waals surface area contributed by atoms with Crippen LogP contribution in [0.3, 0.4) is 0 Å². The molecule has 0 radical (unpaired) electrons. The van der Waals surface area contributed by atoms with Gasteiger partial charge in [-0.2, -0.15) is 0 Å². The standard InChI is InChI=1S/C13H16ClN3/c1-9(14)12-16-11-6-3-7-15-13(11)17(12)8-10-4-2-5-10/h3,6-7,9-10H,2,4-5,8H2,1H3. The van der Waals surface area contributed by atoms with Crippen molar-refractivity contribution in [3.8, 4) is 0 Å². The van der Waals surface area contributed by atoms with Crippen LogP contribution in [0.1, 0.15) is 37.4 Å². The summed E-state index contributed by atoms with van der Waals surface area (Å²) in [7, 11) is 0. The van der Waals surface area contributed by atoms with Gasteiger partial charge in [-0.1, -0.05) is 6.42 Å². The van der Waals surface area contributed by atoms with Crippen molar-refractivity contribution in [1.82, 2.24) is 14.5 Å². The van der Waals surface area contributed by atoms with Crippen molar-refractivity contribution in [2.45, 2.75) is 38.1 Å². The molecule has 0 aliphatic heterocycles. The van der Waals surface area contributed by atoms with Gasteiger partial charge < -0.3 is 4.57 Å². The van der Waals surface area contributed by atoms with Gasteiger partial charge in [-0.25, -0.2) is 9.97 Å². The number of hydrogen-bond acceptors (Lipinski definition) is 2. The van der Waals surface area contributed by atoms with Crippen LogP contribution < -0.4 is 0 Å². The molecule has 1 aliphatic rings. The van der Waals surface area contributed by atoms with E-state index >= 15 is 0 Å². The van der Waals surface area contributed by atoms with Gasteiger partial charge in [0.05, 0.1) is 5.38 Å². The zero-order valence-corrected chi connectivity index (χ0v) is 10.7. The minimum absolute atomic E-state index is 0.0655. The molecule has 1 saturated carbocycles. The fourth-order valence-electron chi connectivity index (χ4n) is 2.39. The second kappa shape index (κ2) is 4.30. The Balaban J connectivity index is 2.06. The van der Waals surface area contributed by atoms with E-state index in [4.69, 9.17) is 11.6 Å². The third-order valence-corrected chi connectivity index (χ3v) is 3.75. The molecule has 0 aromatic carbocycles. The lowest BCUT2D eigenvalue weighted by molar-refractivity contribution is 0.276. The van der Waals surface area contributed by atoms with Crippen LogP contribution >= 0.6 is 11.6 Å². The second-order valence-electron chi connectivity index (χ2n) is 4.84. The number of pyridine rings is 1. The first-order valence-electron chi connectivity index (χ1n) is 6.21. The maximum Gasteiger partial charge on any atom is 0.160 e. The van der Waals surface area contributed by atoms with Crippen LogP contribution in [0.15, 0.2) is 18.3 Å². The van der Waals surface area contributed by atoms with E-state index in [9.17, 15) is 0 Å². The van der Waals surface area contributed by atoms with Gasteiger partial charge in [0.2, 0.25) is 0 Å². The monoisotopic (exact) mass is 249 g/mol. The zero-order chi connectivity index (χ0) is 11.8. The van der Waals surface area contributed by atoms with E-state index in [2.05, 4.69) is 14.5 Å². The molecule has 90 valence electrons. The van der Waals surface area contributed by atoms with Crippen molar-refractivity contribution in [1.29, 1.82) is 0 Å². The van der Waals surface area contributed by atoms with Crippen LogP contribution in [0.2, 0.25) is 0 Å². The Morgan fingerprint density at radius 3 is 3.00 bits per heavy atom. The molecule has 3 nitrogen and oxygen atoms in total. The Morgan fingerprint density at radius 2 is 2.35 bits per heavy atom. The van der Waals surface area contributed by atoms with E-state index in [1.54, 1.807) is 0 Å². The maximum atomic E-state index is 6.21. The number of halogens is 1. The molecule has 2 aromatic heterocycles. The fourth-order valence-corrected chi connectivity index (χ4v) is 2.56. The lowest BCUT2D eigenvalue weighted by Gasteiger charge is -2.26. The van der Waals surface area contributed by atoms with Crippen molar-refractivity contribution in [2.24, 2.45) is 5.92 Å². The van der Waals surface area contributed by atoms with E-state index < -0.39 is 0 Å². The Bertz CT molecular complexity index is 528. The van der Waals surface area contributed by atoms with Gasteiger partial charge >= 0.3 is 0 Å². The van der Waals surface area contributed by atoms with E-state index in [-0.39, 0.29) is 5.38 Å². The molecule has 0 bridgehead atoms. The molecule has 1 aliphatic carbocycles. The highest BCUT2D eigenvalue weighted by Crippen LogP contribution is 2.31. The van der Waals surface area contributed by atoms with Crippen molar-refractivity contribution >= 4 is 22.8 Å². The van der Waals surface area contributed by atoms with Crippen molar-refractivity contribution < 1.29 is 0 Å². The molecule has 0 amide bonds. The Morgan fingerprint density at radius 1 is 1.53 bits per heavy atom. The molecule has 2 aromatic rings. The molecule has 0 spiro atoms. The fraction of sp³-hybridized carbons (Fsp3) is 0.538. The van der Waals surface area contributed by atoms with Gasteiger partial charge in [-0.3, -0.25) is 0 Å². The summed E-state index contributed by atoms with van der Waals surface area (Å²) in [6, 6.07) is 3.92. The molecular weight excluding hydrogens is 234 g/mol. The lowest BCUT2D eigenvalue weighted by atomic mass is 9.85. The predicted octanol–water partition coefficient (Wildman–Crippen LogP) is 3.53. The lowest BCUT2D eigenvalue weighted by Crippen LogP contribution is -2.19. The van der Waals surface area contributed by atoms with Crippen LogP contribution in [0.25, 0.3) is 11.2 Å². The number of rotatable bonds is 3. The predicted molar refractivity (Wildman–Crippen MR) is 69.1 cm³/mol. The Hall–Kier alpha value is -1.09. The van der Waals surface area contributed by atoms with Gasteiger partial charge in [0.15, 0.2) is 5.65 Å². The SMILES string of the molecule is CC(Cl)c1nc2cccnc2n1CC1CCC1. The third kappa shape index (κ3) is 1.93. The average Bonchev–Trinajstić information content (AvgIpc) is 2.62. The van der Waals surface area contributed by atoms with Gasteiger partial charge in [-0.05, 0) is 37.8 Å². The van der Waals surface area contributed by atoms with Crippen molar-refractivity contribution in [2.75, 3.05) is 0 Å². The molecule has 1 atom stereocenters. The Kier molecular flexibility index (Phi) is 2.79. The normalized spacial score (nSPS) is 18.2. The molecule has 0 N–H and O–H groups in total. The van der Waals surface area contributed by atoms with E-state index in [1.807, 2.05) is 25.3 Å². The topological polar surface area (TPSA) is 30.7 Å². The molecule has 3 rings (SSSR count). The first-order valence-corrected chi connectivity index (χ1v) is 6.64. The summed E-state index contributed by atoms with van der Waals surface area (Å²) in [6.07, 6.45) is 5.83. The summed E-state index contributed by atoms with van der Waals surface area (Å²) in [4.78, 5) is 9.03. The molecule has 1 unspecified atom stereocenters. The summed E-state index contributed by atoms with van der Waals surface area (Å²) in [5, 5.41) is -0.0655. The highest BCUT2D eigenvalue weighted by atomic mass is 35.5. The zero-order valence-electron chi connectivity index (χ0n) is 9.93. The number of aromatic nitrogens is 3. The summed E-state index contributed by atoms with van der Waals surface area (Å²) < 4.78 is 2.21. The number of alkyl halides is 1. The second-order valence-corrected chi connectivity index (χ2v) is 5.49. The van der Waals surface area contributed by atoms with Gasteiger partial charge in [0.25, 0.3) is 0 Å². The summed E-state index contributed by atoms with van der Waals surface area (Å²) in [5.41, 5.74) is 1.93. The molecule has 4 heteroatoms. The van der Waals surface area contributed by atoms with Crippen molar-refractivity contribution in [3.63, 3.8) is 0 Å². The first-order chi connectivity index (χ1) is 8.25. The van der Waals surface area contributed by atoms with Gasteiger partial charge in [0, 0.05) is 12.7 Å². The number of nitrogens with zero attached hydrogens (tertiary/aromatic N) is 3. The highest BCUT2D eigenvalue weighted by molar-refractivity contribution is 6.20. The van der Waals surface area contributed by atoms with Crippen molar-refractivity contribution in [3.05, 3.63) is 24.2 Å². The van der Waals surface area contributed by atoms with E-state index in [0.29, 0.717) is 0 Å². The van der Waals surface area contributed by atoms with Crippen LogP contribution in [-0.2, 0) is 6.54 Å². The molecule has 17 heavy (non-hydrogen) atoms. The minimum atomic E-state index is -0.0655. The molecule has 1 fully saturated rings. The number of imidazole rings is 1. The molecule has 0 saturated heterocycles. The first kappa shape index (κ1) is 11.0. The van der Waals surface area contributed by atoms with E-state index in [1.165, 1.54) is 19.3 Å². The van der Waals surface area contributed by atoms with Crippen LogP contribution in [0, 0.1) is 5.92 Å². The quantitative estimate of drug-likeness (QED) is 0.779. The number of hydrogen-bond donors (Lipinski definition) is 0. The van der Waals surface area contributed by atoms with Gasteiger partial charge in [0.1, 0.15) is 11.3 Å². The molecular formula is C13H16ClN3. The number of fused-ring (bicyclic) bond motifs is 1. The van der Waals surface area contributed by atoms with Gasteiger partial charge in [-0.15, -0.1) is 11.6 Å². The Labute approximate surface area is 106 Å². The van der Waals surface area contributed by atoms with Crippen LogP contribution in [0.4, 0.5) is 0 Å². The highest BCUT2D eigenvalue weighted by Gasteiger charge is 2.22. The summed E-state index contributed by atoms with van der Waals surface area (Å²) in [6.45, 7) is 2.99.